The zero-order valence-electron chi connectivity index (χ0n) is 8.08. The summed E-state index contributed by atoms with van der Waals surface area (Å²) in [7, 11) is 0. The van der Waals surface area contributed by atoms with Crippen molar-refractivity contribution in [2.45, 2.75) is 18.9 Å². The molecule has 80 valence electrons. The lowest BCUT2D eigenvalue weighted by Crippen LogP contribution is -2.30. The number of aromatic amines is 1. The molecule has 1 heterocycles. The van der Waals surface area contributed by atoms with E-state index in [-0.39, 0.29) is 6.42 Å². The maximum atomic E-state index is 12.2. The smallest absolute Gasteiger partial charge is 0.253 e. The highest BCUT2D eigenvalue weighted by atomic mass is 19.3. The summed E-state index contributed by atoms with van der Waals surface area (Å²) in [6, 6.07) is 6.41. The van der Waals surface area contributed by atoms with E-state index in [1.165, 1.54) is 0 Å². The number of halogens is 2. The Balaban J connectivity index is 2.21. The fourth-order valence-corrected chi connectivity index (χ4v) is 1.59. The highest BCUT2D eigenvalue weighted by Gasteiger charge is 2.15. The number of nitrogens with one attached hydrogen (secondary N) is 1. The van der Waals surface area contributed by atoms with Gasteiger partial charge in [-0.1, -0.05) is 6.07 Å². The third-order valence-corrected chi connectivity index (χ3v) is 2.41. The second kappa shape index (κ2) is 3.98. The van der Waals surface area contributed by atoms with Gasteiger partial charge < -0.3 is 10.7 Å². The first-order valence-electron chi connectivity index (χ1n) is 4.76. The van der Waals surface area contributed by atoms with E-state index in [1.54, 1.807) is 0 Å². The van der Waals surface area contributed by atoms with Gasteiger partial charge in [-0.15, -0.1) is 0 Å². The molecule has 0 aliphatic heterocycles. The van der Waals surface area contributed by atoms with E-state index in [9.17, 15) is 8.78 Å². The highest BCUT2D eigenvalue weighted by Crippen LogP contribution is 2.16. The van der Waals surface area contributed by atoms with Crippen molar-refractivity contribution < 1.29 is 8.78 Å². The minimum atomic E-state index is -2.47. The van der Waals surface area contributed by atoms with Gasteiger partial charge in [0.2, 0.25) is 0 Å². The van der Waals surface area contributed by atoms with Crippen molar-refractivity contribution in [3.8, 4) is 0 Å². The molecule has 2 aromatic rings. The quantitative estimate of drug-likeness (QED) is 0.801. The van der Waals surface area contributed by atoms with E-state index in [1.807, 2.05) is 30.5 Å². The van der Waals surface area contributed by atoms with Crippen molar-refractivity contribution in [3.05, 3.63) is 36.0 Å². The van der Waals surface area contributed by atoms with Crippen LogP contribution in [0.4, 0.5) is 8.78 Å². The second-order valence-electron chi connectivity index (χ2n) is 3.60. The fraction of sp³-hybridized carbons (Fsp3) is 0.273. The van der Waals surface area contributed by atoms with Crippen molar-refractivity contribution in [3.63, 3.8) is 0 Å². The van der Waals surface area contributed by atoms with Gasteiger partial charge in [0, 0.05) is 11.7 Å². The molecular formula is C11H12F2N2. The maximum Gasteiger partial charge on any atom is 0.253 e. The summed E-state index contributed by atoms with van der Waals surface area (Å²) in [5, 5.41) is 1.02. The van der Waals surface area contributed by atoms with Gasteiger partial charge in [0.1, 0.15) is 0 Å². The zero-order valence-corrected chi connectivity index (χ0v) is 8.08. The van der Waals surface area contributed by atoms with E-state index in [0.29, 0.717) is 0 Å². The number of hydrogen-bond donors (Lipinski definition) is 2. The largest absolute Gasteiger partial charge is 0.361 e. The first kappa shape index (κ1) is 10.1. The van der Waals surface area contributed by atoms with Crippen LogP contribution in [0, 0.1) is 0 Å². The van der Waals surface area contributed by atoms with Crippen LogP contribution in [0.3, 0.4) is 0 Å². The molecule has 15 heavy (non-hydrogen) atoms. The molecular weight excluding hydrogens is 198 g/mol. The number of benzene rings is 1. The molecule has 0 bridgehead atoms. The molecule has 1 unspecified atom stereocenters. The summed E-state index contributed by atoms with van der Waals surface area (Å²) in [5.74, 6) is 0. The maximum absolute atomic E-state index is 12.2. The van der Waals surface area contributed by atoms with Crippen molar-refractivity contribution in [1.82, 2.24) is 4.98 Å². The number of alkyl halides is 2. The molecule has 1 atom stereocenters. The van der Waals surface area contributed by atoms with E-state index in [4.69, 9.17) is 5.73 Å². The van der Waals surface area contributed by atoms with Crippen molar-refractivity contribution >= 4 is 10.9 Å². The third kappa shape index (κ3) is 2.15. The monoisotopic (exact) mass is 210 g/mol. The molecule has 3 N–H and O–H groups in total. The van der Waals surface area contributed by atoms with Crippen molar-refractivity contribution in [2.75, 3.05) is 0 Å². The number of nitrogens with two attached hydrogens (primary N) is 1. The standard InChI is InChI=1S/C11H12F2N2/c12-11(13)9(14)6-7-1-2-10-8(5-7)3-4-15-10/h1-5,9,11,15H,6,14H2. The Labute approximate surface area is 86.1 Å². The van der Waals surface area contributed by atoms with E-state index >= 15 is 0 Å². The minimum Gasteiger partial charge on any atom is -0.361 e. The Kier molecular flexibility index (Phi) is 2.68. The van der Waals surface area contributed by atoms with Gasteiger partial charge in [-0.2, -0.15) is 0 Å². The van der Waals surface area contributed by atoms with Gasteiger partial charge in [-0.3, -0.25) is 0 Å². The van der Waals surface area contributed by atoms with Gasteiger partial charge in [0.25, 0.3) is 6.43 Å². The Morgan fingerprint density at radius 3 is 2.80 bits per heavy atom. The van der Waals surface area contributed by atoms with Gasteiger partial charge in [0.15, 0.2) is 0 Å². The molecule has 2 nitrogen and oxygen atoms in total. The third-order valence-electron chi connectivity index (χ3n) is 2.41. The van der Waals surface area contributed by atoms with Crippen LogP contribution < -0.4 is 5.73 Å². The molecule has 0 saturated heterocycles. The number of aromatic nitrogens is 1. The first-order valence-corrected chi connectivity index (χ1v) is 4.76. The van der Waals surface area contributed by atoms with Crippen molar-refractivity contribution in [2.24, 2.45) is 5.73 Å². The lowest BCUT2D eigenvalue weighted by molar-refractivity contribution is 0.116. The normalized spacial score (nSPS) is 13.6. The van der Waals surface area contributed by atoms with Gasteiger partial charge >= 0.3 is 0 Å². The Morgan fingerprint density at radius 1 is 1.27 bits per heavy atom. The molecule has 2 rings (SSSR count). The first-order chi connectivity index (χ1) is 7.16. The predicted molar refractivity (Wildman–Crippen MR) is 56.0 cm³/mol. The molecule has 0 aliphatic rings. The summed E-state index contributed by atoms with van der Waals surface area (Å²) >= 11 is 0. The lowest BCUT2D eigenvalue weighted by Gasteiger charge is -2.09. The van der Waals surface area contributed by atoms with Crippen LogP contribution in [-0.4, -0.2) is 17.5 Å². The number of H-pyrrole nitrogens is 1. The van der Waals surface area contributed by atoms with Gasteiger partial charge in [-0.25, -0.2) is 8.78 Å². The van der Waals surface area contributed by atoms with Crippen LogP contribution in [-0.2, 0) is 6.42 Å². The van der Waals surface area contributed by atoms with E-state index in [0.717, 1.165) is 16.5 Å². The SMILES string of the molecule is NC(Cc1ccc2[nH]ccc2c1)C(F)F. The zero-order chi connectivity index (χ0) is 10.8. The predicted octanol–water partition coefficient (Wildman–Crippen LogP) is 2.30. The molecule has 0 aliphatic carbocycles. The number of fused-ring (bicyclic) bond motifs is 1. The average Bonchev–Trinajstić information content (AvgIpc) is 2.64. The number of hydrogen-bond acceptors (Lipinski definition) is 1. The van der Waals surface area contributed by atoms with Crippen LogP contribution >= 0.6 is 0 Å². The molecule has 1 aromatic heterocycles. The molecule has 0 amide bonds. The molecule has 4 heteroatoms. The lowest BCUT2D eigenvalue weighted by atomic mass is 10.1. The summed E-state index contributed by atoms with van der Waals surface area (Å²) in [5.41, 5.74) is 7.16. The number of rotatable bonds is 3. The minimum absolute atomic E-state index is 0.207. The van der Waals surface area contributed by atoms with E-state index < -0.39 is 12.5 Å². The summed E-state index contributed by atoms with van der Waals surface area (Å²) in [4.78, 5) is 3.04. The van der Waals surface area contributed by atoms with Crippen LogP contribution in [0.2, 0.25) is 0 Å². The Morgan fingerprint density at radius 2 is 2.07 bits per heavy atom. The van der Waals surface area contributed by atoms with Crippen molar-refractivity contribution in [1.29, 1.82) is 0 Å². The van der Waals surface area contributed by atoms with E-state index in [2.05, 4.69) is 4.98 Å². The molecule has 0 spiro atoms. The van der Waals surface area contributed by atoms with Gasteiger partial charge in [0.05, 0.1) is 6.04 Å². The fourth-order valence-electron chi connectivity index (χ4n) is 1.59. The molecule has 0 fully saturated rings. The average molecular weight is 210 g/mol. The Hall–Kier alpha value is -1.42. The molecule has 1 aromatic carbocycles. The Bertz CT molecular complexity index is 451. The van der Waals surface area contributed by atoms with Crippen LogP contribution in [0.5, 0.6) is 0 Å². The van der Waals surface area contributed by atoms with Crippen LogP contribution in [0.15, 0.2) is 30.5 Å². The van der Waals surface area contributed by atoms with Crippen LogP contribution in [0.25, 0.3) is 10.9 Å². The summed E-state index contributed by atoms with van der Waals surface area (Å²) in [6.07, 6.45) is -0.438. The summed E-state index contributed by atoms with van der Waals surface area (Å²) < 4.78 is 24.5. The highest BCUT2D eigenvalue weighted by molar-refractivity contribution is 5.79. The van der Waals surface area contributed by atoms with Crippen LogP contribution in [0.1, 0.15) is 5.56 Å². The topological polar surface area (TPSA) is 41.8 Å². The second-order valence-corrected chi connectivity index (χ2v) is 3.60. The molecule has 0 saturated carbocycles. The molecule has 0 radical (unpaired) electrons. The summed E-state index contributed by atoms with van der Waals surface area (Å²) in [6.45, 7) is 0. The van der Waals surface area contributed by atoms with Gasteiger partial charge in [-0.05, 0) is 35.6 Å².